The van der Waals surface area contributed by atoms with E-state index in [9.17, 15) is 0 Å². The van der Waals surface area contributed by atoms with Crippen LogP contribution in [0.3, 0.4) is 0 Å². The molecule has 1 N–H and O–H groups in total. The minimum absolute atomic E-state index is 0.712. The molecule has 2 aliphatic carbocycles. The zero-order chi connectivity index (χ0) is 16.4. The Kier molecular flexibility index (Phi) is 5.31. The van der Waals surface area contributed by atoms with Gasteiger partial charge in [0.2, 0.25) is 0 Å². The predicted molar refractivity (Wildman–Crippen MR) is 100 cm³/mol. The van der Waals surface area contributed by atoms with Crippen LogP contribution in [-0.4, -0.2) is 60.6 Å². The largest absolute Gasteiger partial charge is 0.353 e. The third-order valence-electron chi connectivity index (χ3n) is 6.84. The van der Waals surface area contributed by atoms with Crippen LogP contribution in [0.1, 0.15) is 64.7 Å². The number of hydrogen-bond acceptors (Lipinski definition) is 2. The molecule has 0 amide bonds. The smallest absolute Gasteiger partial charge is 0.194 e. The maximum atomic E-state index is 4.84. The number of nitrogens with zero attached hydrogens (tertiary/aromatic N) is 3. The predicted octanol–water partition coefficient (Wildman–Crippen LogP) is 3.09. The van der Waals surface area contributed by atoms with Crippen LogP contribution in [0.2, 0.25) is 0 Å². The standard InChI is InChI=1S/C20H36N4/c1-2-21-20(22-19-14-18(19)16-8-4-3-5-9-16)24-13-10-17(15-24)23-11-6-7-12-23/h16-19H,2-15H2,1H3,(H,21,22). The van der Waals surface area contributed by atoms with Crippen molar-refractivity contribution in [2.24, 2.45) is 16.8 Å². The Morgan fingerprint density at radius 1 is 1.00 bits per heavy atom. The van der Waals surface area contributed by atoms with Gasteiger partial charge < -0.3 is 10.2 Å². The van der Waals surface area contributed by atoms with E-state index in [2.05, 4.69) is 22.0 Å². The monoisotopic (exact) mass is 332 g/mol. The maximum Gasteiger partial charge on any atom is 0.194 e. The summed E-state index contributed by atoms with van der Waals surface area (Å²) in [6.07, 6.45) is 12.9. The second kappa shape index (κ2) is 7.63. The van der Waals surface area contributed by atoms with Gasteiger partial charge >= 0.3 is 0 Å². The summed E-state index contributed by atoms with van der Waals surface area (Å²) in [6, 6.07) is 1.48. The van der Waals surface area contributed by atoms with Gasteiger partial charge in [-0.2, -0.15) is 0 Å². The quantitative estimate of drug-likeness (QED) is 0.634. The fraction of sp³-hybridized carbons (Fsp3) is 0.950. The lowest BCUT2D eigenvalue weighted by atomic mass is 9.85. The third-order valence-corrected chi connectivity index (χ3v) is 6.84. The molecule has 4 rings (SSSR count). The van der Waals surface area contributed by atoms with Crippen molar-refractivity contribution in [2.45, 2.75) is 76.8 Å². The molecule has 4 fully saturated rings. The van der Waals surface area contributed by atoms with E-state index >= 15 is 0 Å². The first-order valence-electron chi connectivity index (χ1n) is 10.6. The van der Waals surface area contributed by atoms with Crippen LogP contribution in [-0.2, 0) is 0 Å². The summed E-state index contributed by atoms with van der Waals surface area (Å²) >= 11 is 0. The summed E-state index contributed by atoms with van der Waals surface area (Å²) in [5.74, 6) is 3.14. The molecular weight excluding hydrogens is 296 g/mol. The van der Waals surface area contributed by atoms with Gasteiger partial charge in [-0.15, -0.1) is 0 Å². The molecule has 3 unspecified atom stereocenters. The minimum atomic E-state index is 0.712. The van der Waals surface area contributed by atoms with Gasteiger partial charge in [0.1, 0.15) is 0 Å². The highest BCUT2D eigenvalue weighted by Gasteiger charge is 2.44. The number of guanidine groups is 1. The Labute approximate surface area is 148 Å². The molecule has 2 saturated carbocycles. The van der Waals surface area contributed by atoms with E-state index in [0.717, 1.165) is 24.4 Å². The summed E-state index contributed by atoms with van der Waals surface area (Å²) < 4.78 is 0. The molecule has 4 nitrogen and oxygen atoms in total. The lowest BCUT2D eigenvalue weighted by Gasteiger charge is -2.26. The molecule has 2 heterocycles. The first-order valence-corrected chi connectivity index (χ1v) is 10.6. The van der Waals surface area contributed by atoms with Gasteiger partial charge in [0.05, 0.1) is 0 Å². The van der Waals surface area contributed by atoms with Gasteiger partial charge in [0.25, 0.3) is 0 Å². The van der Waals surface area contributed by atoms with Crippen LogP contribution < -0.4 is 5.32 Å². The second-order valence-corrected chi connectivity index (χ2v) is 8.48. The van der Waals surface area contributed by atoms with Gasteiger partial charge in [-0.1, -0.05) is 32.1 Å². The number of aliphatic imine (C=N–C) groups is 1. The SMILES string of the molecule is CCN=C(NC1CC1C1CCCCC1)N1CCC(N2CCCC2)C1. The lowest BCUT2D eigenvalue weighted by Crippen LogP contribution is -2.44. The molecule has 0 aromatic rings. The van der Waals surface area contributed by atoms with Gasteiger partial charge in [-0.3, -0.25) is 9.89 Å². The van der Waals surface area contributed by atoms with Crippen LogP contribution in [0, 0.1) is 11.8 Å². The van der Waals surface area contributed by atoms with Crippen molar-refractivity contribution < 1.29 is 0 Å². The van der Waals surface area contributed by atoms with Crippen molar-refractivity contribution in [2.75, 3.05) is 32.7 Å². The summed E-state index contributed by atoms with van der Waals surface area (Å²) in [6.45, 7) is 8.08. The van der Waals surface area contributed by atoms with Crippen molar-refractivity contribution in [3.05, 3.63) is 0 Å². The third kappa shape index (κ3) is 3.74. The summed E-state index contributed by atoms with van der Waals surface area (Å²) in [7, 11) is 0. The number of nitrogens with one attached hydrogen (secondary N) is 1. The molecule has 0 bridgehead atoms. The Bertz CT molecular complexity index is 437. The molecular formula is C20H36N4. The molecule has 0 aromatic carbocycles. The van der Waals surface area contributed by atoms with E-state index in [4.69, 9.17) is 4.99 Å². The Morgan fingerprint density at radius 2 is 1.79 bits per heavy atom. The molecule has 4 heteroatoms. The van der Waals surface area contributed by atoms with Crippen molar-refractivity contribution in [3.8, 4) is 0 Å². The lowest BCUT2D eigenvalue weighted by molar-refractivity contribution is 0.249. The molecule has 4 aliphatic rings. The molecule has 24 heavy (non-hydrogen) atoms. The first-order chi connectivity index (χ1) is 11.8. The van der Waals surface area contributed by atoms with Crippen LogP contribution in [0.5, 0.6) is 0 Å². The van der Waals surface area contributed by atoms with E-state index in [0.29, 0.717) is 6.04 Å². The highest BCUT2D eigenvalue weighted by Crippen LogP contribution is 2.44. The van der Waals surface area contributed by atoms with E-state index in [1.54, 1.807) is 0 Å². The van der Waals surface area contributed by atoms with E-state index < -0.39 is 0 Å². The van der Waals surface area contributed by atoms with Crippen molar-refractivity contribution in [1.82, 2.24) is 15.1 Å². The van der Waals surface area contributed by atoms with Crippen LogP contribution in [0.4, 0.5) is 0 Å². The molecule has 0 spiro atoms. The Morgan fingerprint density at radius 3 is 2.54 bits per heavy atom. The molecule has 136 valence electrons. The van der Waals surface area contributed by atoms with Crippen LogP contribution >= 0.6 is 0 Å². The second-order valence-electron chi connectivity index (χ2n) is 8.48. The summed E-state index contributed by atoms with van der Waals surface area (Å²) in [4.78, 5) is 10.1. The van der Waals surface area contributed by atoms with Crippen molar-refractivity contribution in [3.63, 3.8) is 0 Å². The molecule has 0 radical (unpaired) electrons. The van der Waals surface area contributed by atoms with E-state index in [1.807, 2.05) is 0 Å². The molecule has 0 aromatic heterocycles. The topological polar surface area (TPSA) is 30.9 Å². The van der Waals surface area contributed by atoms with Crippen molar-refractivity contribution >= 4 is 5.96 Å². The average molecular weight is 333 g/mol. The zero-order valence-corrected chi connectivity index (χ0v) is 15.6. The van der Waals surface area contributed by atoms with Gasteiger partial charge in [0, 0.05) is 31.7 Å². The Hall–Kier alpha value is -0.770. The Balaban J connectivity index is 1.30. The fourth-order valence-electron chi connectivity index (χ4n) is 5.36. The van der Waals surface area contributed by atoms with Crippen LogP contribution in [0.15, 0.2) is 4.99 Å². The number of hydrogen-bond donors (Lipinski definition) is 1. The maximum absolute atomic E-state index is 4.84. The highest BCUT2D eigenvalue weighted by molar-refractivity contribution is 5.81. The highest BCUT2D eigenvalue weighted by atomic mass is 15.4. The average Bonchev–Trinajstić information content (AvgIpc) is 3.04. The molecule has 2 aliphatic heterocycles. The van der Waals surface area contributed by atoms with Gasteiger partial charge in [-0.25, -0.2) is 0 Å². The molecule has 2 saturated heterocycles. The number of rotatable bonds is 4. The summed E-state index contributed by atoms with van der Waals surface area (Å²) in [5.41, 5.74) is 0. The number of likely N-dealkylation sites (tertiary alicyclic amines) is 2. The summed E-state index contributed by atoms with van der Waals surface area (Å²) in [5, 5.41) is 3.85. The first kappa shape index (κ1) is 16.7. The molecule has 3 atom stereocenters. The van der Waals surface area contributed by atoms with Gasteiger partial charge in [0.15, 0.2) is 5.96 Å². The van der Waals surface area contributed by atoms with Crippen molar-refractivity contribution in [1.29, 1.82) is 0 Å². The van der Waals surface area contributed by atoms with Gasteiger partial charge in [-0.05, 0) is 57.5 Å². The minimum Gasteiger partial charge on any atom is -0.353 e. The fourth-order valence-corrected chi connectivity index (χ4v) is 5.36. The van der Waals surface area contributed by atoms with Crippen LogP contribution in [0.25, 0.3) is 0 Å². The van der Waals surface area contributed by atoms with E-state index in [1.165, 1.54) is 89.9 Å². The zero-order valence-electron chi connectivity index (χ0n) is 15.6. The normalized spacial score (nSPS) is 35.6. The van der Waals surface area contributed by atoms with E-state index in [-0.39, 0.29) is 0 Å².